The molecule has 3 rings (SSSR count). The topological polar surface area (TPSA) is 68.8 Å². The van der Waals surface area contributed by atoms with Crippen molar-refractivity contribution >= 4 is 29.0 Å². The van der Waals surface area contributed by atoms with E-state index in [0.29, 0.717) is 39.4 Å². The number of halogens is 1. The van der Waals surface area contributed by atoms with Gasteiger partial charge in [0.1, 0.15) is 23.0 Å². The second-order valence-electron chi connectivity index (χ2n) is 5.71. The summed E-state index contributed by atoms with van der Waals surface area (Å²) in [6, 6.07) is 19.2. The number of carbonyl (C=O) groups is 1. The molecule has 2 N–H and O–H groups in total. The number of methoxy groups -OCH3 is 2. The molecule has 6 nitrogen and oxygen atoms in total. The molecule has 0 spiro atoms. The van der Waals surface area contributed by atoms with Crippen molar-refractivity contribution in [1.82, 2.24) is 0 Å². The average molecular weight is 399 g/mol. The number of carbonyl (C=O) groups excluding carboxylic acids is 1. The summed E-state index contributed by atoms with van der Waals surface area (Å²) in [5.74, 6) is 2.20. The number of rotatable bonds is 6. The van der Waals surface area contributed by atoms with E-state index in [9.17, 15) is 4.79 Å². The summed E-state index contributed by atoms with van der Waals surface area (Å²) in [6.07, 6.45) is 0. The molecule has 144 valence electrons. The summed E-state index contributed by atoms with van der Waals surface area (Å²) in [6.45, 7) is 0. The van der Waals surface area contributed by atoms with Crippen LogP contribution in [-0.2, 0) is 0 Å². The number of hydrogen-bond donors (Lipinski definition) is 2. The Hall–Kier alpha value is -3.38. The Kier molecular flexibility index (Phi) is 6.24. The van der Waals surface area contributed by atoms with E-state index in [1.54, 1.807) is 30.3 Å². The lowest BCUT2D eigenvalue weighted by molar-refractivity contribution is 0.262. The molecule has 2 amide bonds. The molecule has 3 aromatic rings. The predicted octanol–water partition coefficient (Wildman–Crippen LogP) is 5.79. The molecule has 3 aromatic carbocycles. The zero-order valence-electron chi connectivity index (χ0n) is 15.4. The SMILES string of the molecule is COc1cc(OC)c(NC(=O)Nc2cccc(Oc3ccccc3)c2)cc1Cl. The van der Waals surface area contributed by atoms with E-state index in [0.717, 1.165) is 0 Å². The highest BCUT2D eigenvalue weighted by Crippen LogP contribution is 2.36. The number of nitrogens with one attached hydrogen (secondary N) is 2. The number of ether oxygens (including phenoxy) is 3. The van der Waals surface area contributed by atoms with E-state index in [-0.39, 0.29) is 0 Å². The molecule has 0 aromatic heterocycles. The maximum atomic E-state index is 12.4. The van der Waals surface area contributed by atoms with Gasteiger partial charge < -0.3 is 24.8 Å². The zero-order chi connectivity index (χ0) is 19.9. The van der Waals surface area contributed by atoms with E-state index in [2.05, 4.69) is 10.6 Å². The first-order valence-corrected chi connectivity index (χ1v) is 8.79. The molecular formula is C21H19ClN2O4. The van der Waals surface area contributed by atoms with Gasteiger partial charge in [-0.25, -0.2) is 4.79 Å². The minimum Gasteiger partial charge on any atom is -0.495 e. The van der Waals surface area contributed by atoms with Gasteiger partial charge in [-0.2, -0.15) is 0 Å². The molecule has 0 radical (unpaired) electrons. The maximum absolute atomic E-state index is 12.4. The third-order valence-corrected chi connectivity index (χ3v) is 4.09. The van der Waals surface area contributed by atoms with Crippen LogP contribution in [0.15, 0.2) is 66.7 Å². The normalized spacial score (nSPS) is 10.1. The molecule has 0 aliphatic heterocycles. The van der Waals surface area contributed by atoms with Crippen LogP contribution in [-0.4, -0.2) is 20.3 Å². The van der Waals surface area contributed by atoms with Gasteiger partial charge in [-0.1, -0.05) is 35.9 Å². The molecule has 7 heteroatoms. The Bertz CT molecular complexity index is 964. The summed E-state index contributed by atoms with van der Waals surface area (Å²) in [5.41, 5.74) is 0.993. The van der Waals surface area contributed by atoms with Crippen LogP contribution in [0.25, 0.3) is 0 Å². The van der Waals surface area contributed by atoms with Crippen molar-refractivity contribution in [2.24, 2.45) is 0 Å². The second-order valence-corrected chi connectivity index (χ2v) is 6.12. The number of para-hydroxylation sites is 1. The van der Waals surface area contributed by atoms with Crippen LogP contribution in [0.3, 0.4) is 0 Å². The van der Waals surface area contributed by atoms with E-state index in [1.165, 1.54) is 14.2 Å². The molecule has 0 unspecified atom stereocenters. The summed E-state index contributed by atoms with van der Waals surface area (Å²) < 4.78 is 16.2. The first-order valence-electron chi connectivity index (χ1n) is 8.41. The Labute approximate surface area is 168 Å². The lowest BCUT2D eigenvalue weighted by atomic mass is 10.2. The van der Waals surface area contributed by atoms with Gasteiger partial charge in [-0.15, -0.1) is 0 Å². The van der Waals surface area contributed by atoms with Gasteiger partial charge >= 0.3 is 6.03 Å². The fourth-order valence-corrected chi connectivity index (χ4v) is 2.75. The van der Waals surface area contributed by atoms with Gasteiger partial charge in [0, 0.05) is 17.8 Å². The van der Waals surface area contributed by atoms with E-state index >= 15 is 0 Å². The van der Waals surface area contributed by atoms with E-state index < -0.39 is 6.03 Å². The molecule has 0 saturated carbocycles. The standard InChI is InChI=1S/C21H19ClN2O4/c1-26-19-13-20(27-2)18(12-17(19)22)24-21(25)23-14-7-6-10-16(11-14)28-15-8-4-3-5-9-15/h3-13H,1-2H3,(H2,23,24,25). The average Bonchev–Trinajstić information content (AvgIpc) is 2.69. The van der Waals surface area contributed by atoms with Crippen LogP contribution < -0.4 is 24.8 Å². The number of benzene rings is 3. The van der Waals surface area contributed by atoms with Crippen LogP contribution >= 0.6 is 11.6 Å². The Morgan fingerprint density at radius 2 is 1.54 bits per heavy atom. The Morgan fingerprint density at radius 3 is 2.25 bits per heavy atom. The minimum atomic E-state index is -0.448. The third kappa shape index (κ3) is 4.86. The highest BCUT2D eigenvalue weighted by atomic mass is 35.5. The highest BCUT2D eigenvalue weighted by Gasteiger charge is 2.13. The van der Waals surface area contributed by atoms with Crippen LogP contribution in [0.5, 0.6) is 23.0 Å². The summed E-state index contributed by atoms with van der Waals surface area (Å²) in [5, 5.41) is 5.83. The molecule has 0 bridgehead atoms. The molecular weight excluding hydrogens is 380 g/mol. The lowest BCUT2D eigenvalue weighted by Gasteiger charge is -2.14. The van der Waals surface area contributed by atoms with Gasteiger partial charge in [-0.05, 0) is 30.3 Å². The third-order valence-electron chi connectivity index (χ3n) is 3.79. The van der Waals surface area contributed by atoms with Crippen LogP contribution in [0.2, 0.25) is 5.02 Å². The monoisotopic (exact) mass is 398 g/mol. The molecule has 0 saturated heterocycles. The van der Waals surface area contributed by atoms with E-state index in [1.807, 2.05) is 36.4 Å². The Balaban J connectivity index is 1.70. The van der Waals surface area contributed by atoms with Gasteiger partial charge in [0.05, 0.1) is 24.9 Å². The summed E-state index contributed by atoms with van der Waals surface area (Å²) in [4.78, 5) is 12.4. The molecule has 28 heavy (non-hydrogen) atoms. The quantitative estimate of drug-likeness (QED) is 0.551. The molecule has 0 atom stereocenters. The van der Waals surface area contributed by atoms with Gasteiger partial charge in [0.15, 0.2) is 0 Å². The van der Waals surface area contributed by atoms with Crippen molar-refractivity contribution in [3.8, 4) is 23.0 Å². The van der Waals surface area contributed by atoms with Crippen molar-refractivity contribution in [1.29, 1.82) is 0 Å². The molecule has 0 aliphatic carbocycles. The van der Waals surface area contributed by atoms with Crippen molar-refractivity contribution < 1.29 is 19.0 Å². The smallest absolute Gasteiger partial charge is 0.323 e. The minimum absolute atomic E-state index is 0.358. The maximum Gasteiger partial charge on any atom is 0.323 e. The molecule has 0 heterocycles. The first-order chi connectivity index (χ1) is 13.6. The summed E-state index contributed by atoms with van der Waals surface area (Å²) in [7, 11) is 3.00. The molecule has 0 fully saturated rings. The van der Waals surface area contributed by atoms with Gasteiger partial charge in [0.2, 0.25) is 0 Å². The Morgan fingerprint density at radius 1 is 0.821 bits per heavy atom. The van der Waals surface area contributed by atoms with Crippen LogP contribution in [0, 0.1) is 0 Å². The molecule has 0 aliphatic rings. The van der Waals surface area contributed by atoms with Gasteiger partial charge in [-0.3, -0.25) is 0 Å². The highest BCUT2D eigenvalue weighted by molar-refractivity contribution is 6.32. The lowest BCUT2D eigenvalue weighted by Crippen LogP contribution is -2.19. The fraction of sp³-hybridized carbons (Fsp3) is 0.0952. The predicted molar refractivity (Wildman–Crippen MR) is 110 cm³/mol. The summed E-state index contributed by atoms with van der Waals surface area (Å²) >= 11 is 6.13. The number of urea groups is 1. The van der Waals surface area contributed by atoms with Crippen molar-refractivity contribution in [2.45, 2.75) is 0 Å². The van der Waals surface area contributed by atoms with Crippen LogP contribution in [0.1, 0.15) is 0 Å². The van der Waals surface area contributed by atoms with Crippen LogP contribution in [0.4, 0.5) is 16.2 Å². The number of hydrogen-bond acceptors (Lipinski definition) is 4. The fourth-order valence-electron chi connectivity index (χ4n) is 2.50. The first kappa shape index (κ1) is 19.4. The van der Waals surface area contributed by atoms with E-state index in [4.69, 9.17) is 25.8 Å². The number of anilines is 2. The zero-order valence-corrected chi connectivity index (χ0v) is 16.1. The van der Waals surface area contributed by atoms with Gasteiger partial charge in [0.25, 0.3) is 0 Å². The van der Waals surface area contributed by atoms with Crippen molar-refractivity contribution in [3.05, 3.63) is 71.8 Å². The second kappa shape index (κ2) is 9.01. The van der Waals surface area contributed by atoms with Crippen molar-refractivity contribution in [2.75, 3.05) is 24.9 Å². The van der Waals surface area contributed by atoms with Crippen molar-refractivity contribution in [3.63, 3.8) is 0 Å². The number of amides is 2. The largest absolute Gasteiger partial charge is 0.495 e.